The molecule has 1 atom stereocenters. The third-order valence-electron chi connectivity index (χ3n) is 6.62. The number of amides is 2. The van der Waals surface area contributed by atoms with Gasteiger partial charge in [0.05, 0.1) is 25.1 Å². The van der Waals surface area contributed by atoms with Crippen LogP contribution in [-0.4, -0.2) is 50.1 Å². The van der Waals surface area contributed by atoms with E-state index in [9.17, 15) is 9.59 Å². The number of methoxy groups -OCH3 is 1. The molecule has 8 nitrogen and oxygen atoms in total. The molecular weight excluding hydrogens is 542 g/mol. The molecular formula is C30H33N5O3S2. The van der Waals surface area contributed by atoms with Crippen molar-refractivity contribution in [3.05, 3.63) is 82.4 Å². The molecule has 2 heterocycles. The summed E-state index contributed by atoms with van der Waals surface area (Å²) in [7, 11) is 1.59. The quantitative estimate of drug-likeness (QED) is 0.169. The summed E-state index contributed by atoms with van der Waals surface area (Å²) < 4.78 is 5.23. The first-order chi connectivity index (χ1) is 19.2. The molecule has 10 heteroatoms. The van der Waals surface area contributed by atoms with E-state index < -0.39 is 5.54 Å². The minimum absolute atomic E-state index is 0.0885. The summed E-state index contributed by atoms with van der Waals surface area (Å²) in [6.45, 7) is 7.71. The van der Waals surface area contributed by atoms with Crippen molar-refractivity contribution < 1.29 is 14.3 Å². The highest BCUT2D eigenvalue weighted by atomic mass is 32.2. The lowest BCUT2D eigenvalue weighted by molar-refractivity contribution is -0.143. The molecule has 208 valence electrons. The van der Waals surface area contributed by atoms with Gasteiger partial charge in [-0.25, -0.2) is 15.0 Å². The number of ether oxygens (including phenoxy) is 1. The van der Waals surface area contributed by atoms with Crippen LogP contribution in [-0.2, 0) is 16.1 Å². The molecule has 0 fully saturated rings. The molecule has 0 aliphatic carbocycles. The van der Waals surface area contributed by atoms with Gasteiger partial charge in [0, 0.05) is 28.0 Å². The summed E-state index contributed by atoms with van der Waals surface area (Å²) in [4.78, 5) is 43.0. The van der Waals surface area contributed by atoms with Gasteiger partial charge in [-0.15, -0.1) is 11.3 Å². The predicted octanol–water partition coefficient (Wildman–Crippen LogP) is 6.15. The van der Waals surface area contributed by atoms with Gasteiger partial charge in [-0.3, -0.25) is 9.59 Å². The zero-order valence-corrected chi connectivity index (χ0v) is 24.9. The molecule has 1 unspecified atom stereocenters. The van der Waals surface area contributed by atoms with E-state index >= 15 is 0 Å². The fourth-order valence-electron chi connectivity index (χ4n) is 4.17. The number of rotatable bonds is 11. The zero-order chi connectivity index (χ0) is 28.7. The number of carbonyl (C=O) groups excluding carboxylic acids is 2. The fraction of sp³-hybridized carbons (Fsp3) is 0.300. The first kappa shape index (κ1) is 29.2. The Labute approximate surface area is 243 Å². The van der Waals surface area contributed by atoms with Gasteiger partial charge in [0.15, 0.2) is 5.16 Å². The van der Waals surface area contributed by atoms with Gasteiger partial charge in [-0.05, 0) is 57.5 Å². The Morgan fingerprint density at radius 1 is 1.02 bits per heavy atom. The van der Waals surface area contributed by atoms with Crippen molar-refractivity contribution in [2.45, 2.75) is 51.4 Å². The number of hydrogen-bond acceptors (Lipinski definition) is 8. The largest absolute Gasteiger partial charge is 0.497 e. The highest BCUT2D eigenvalue weighted by Crippen LogP contribution is 2.29. The number of carbonyl (C=O) groups is 2. The van der Waals surface area contributed by atoms with Crippen molar-refractivity contribution in [1.82, 2.24) is 19.9 Å². The third kappa shape index (κ3) is 7.05. The van der Waals surface area contributed by atoms with E-state index in [1.165, 1.54) is 23.1 Å². The van der Waals surface area contributed by atoms with Gasteiger partial charge in [0.2, 0.25) is 11.8 Å². The lowest BCUT2D eigenvalue weighted by Gasteiger charge is -2.39. The molecule has 40 heavy (non-hydrogen) atoms. The van der Waals surface area contributed by atoms with Gasteiger partial charge in [0.25, 0.3) is 0 Å². The number of benzene rings is 2. The molecule has 0 saturated carbocycles. The molecule has 0 saturated heterocycles. The van der Waals surface area contributed by atoms with Gasteiger partial charge in [0.1, 0.15) is 16.3 Å². The highest BCUT2D eigenvalue weighted by molar-refractivity contribution is 7.99. The summed E-state index contributed by atoms with van der Waals surface area (Å²) in [5, 5.41) is 6.25. The van der Waals surface area contributed by atoms with E-state index in [1.54, 1.807) is 43.2 Å². The maximum atomic E-state index is 13.8. The molecule has 0 bridgehead atoms. The minimum atomic E-state index is -1.14. The zero-order valence-electron chi connectivity index (χ0n) is 23.3. The molecule has 2 aromatic carbocycles. The van der Waals surface area contributed by atoms with Crippen LogP contribution in [0.3, 0.4) is 0 Å². The number of thiazole rings is 1. The number of thioether (sulfide) groups is 1. The van der Waals surface area contributed by atoms with Crippen LogP contribution in [0.1, 0.15) is 36.7 Å². The van der Waals surface area contributed by atoms with Crippen LogP contribution in [0.5, 0.6) is 5.75 Å². The van der Waals surface area contributed by atoms with E-state index in [4.69, 9.17) is 9.72 Å². The smallest absolute Gasteiger partial charge is 0.250 e. The monoisotopic (exact) mass is 575 g/mol. The van der Waals surface area contributed by atoms with Crippen molar-refractivity contribution in [2.75, 3.05) is 18.2 Å². The Kier molecular flexibility index (Phi) is 9.54. The highest BCUT2D eigenvalue weighted by Gasteiger charge is 2.41. The average molecular weight is 576 g/mol. The molecule has 4 aromatic rings. The van der Waals surface area contributed by atoms with Gasteiger partial charge in [-0.2, -0.15) is 0 Å². The fourth-order valence-corrected chi connectivity index (χ4v) is 5.79. The Morgan fingerprint density at radius 2 is 1.70 bits per heavy atom. The number of nitrogens with one attached hydrogen (secondary N) is 1. The Morgan fingerprint density at radius 3 is 2.33 bits per heavy atom. The number of nitrogens with zero attached hydrogens (tertiary/aromatic N) is 4. The second-order valence-corrected chi connectivity index (χ2v) is 11.4. The Hall–Kier alpha value is -3.76. The van der Waals surface area contributed by atoms with Crippen LogP contribution >= 0.6 is 23.1 Å². The van der Waals surface area contributed by atoms with Gasteiger partial charge in [-0.1, -0.05) is 49.0 Å². The molecule has 4 rings (SSSR count). The normalized spacial score (nSPS) is 12.4. The van der Waals surface area contributed by atoms with E-state index in [2.05, 4.69) is 15.3 Å². The van der Waals surface area contributed by atoms with Crippen molar-refractivity contribution >= 4 is 40.6 Å². The van der Waals surface area contributed by atoms with Crippen LogP contribution < -0.4 is 10.1 Å². The standard InChI is InChI=1S/C30H33N5O3S2/c1-6-30(4,28(37)33-23-12-14-24(38-5)15-13-23)35(27(36)19-40-29-31-20(2)16-21(3)32-29)17-26-34-25(18-39-26)22-10-8-7-9-11-22/h7-16,18H,6,17,19H2,1-5H3,(H,33,37). The SMILES string of the molecule is CCC(C)(C(=O)Nc1ccc(OC)cc1)N(Cc1nc(-c2ccccc2)cs1)C(=O)CSc1nc(C)cc(C)n1. The van der Waals surface area contributed by atoms with E-state index in [1.807, 2.05) is 62.5 Å². The van der Waals surface area contributed by atoms with Gasteiger partial charge >= 0.3 is 0 Å². The number of hydrogen-bond donors (Lipinski definition) is 1. The maximum Gasteiger partial charge on any atom is 0.250 e. The first-order valence-electron chi connectivity index (χ1n) is 12.9. The molecule has 1 N–H and O–H groups in total. The third-order valence-corrected chi connectivity index (χ3v) is 8.29. The van der Waals surface area contributed by atoms with Gasteiger partial charge < -0.3 is 15.0 Å². The van der Waals surface area contributed by atoms with Crippen molar-refractivity contribution in [3.8, 4) is 17.0 Å². The molecule has 0 radical (unpaired) electrons. The van der Waals surface area contributed by atoms with Crippen LogP contribution in [0.2, 0.25) is 0 Å². The molecule has 0 aliphatic heterocycles. The number of aromatic nitrogens is 3. The van der Waals surface area contributed by atoms with E-state index in [0.29, 0.717) is 23.0 Å². The first-order valence-corrected chi connectivity index (χ1v) is 14.8. The summed E-state index contributed by atoms with van der Waals surface area (Å²) in [6.07, 6.45) is 0.405. The lowest BCUT2D eigenvalue weighted by atomic mass is 9.94. The summed E-state index contributed by atoms with van der Waals surface area (Å²) in [6, 6.07) is 18.9. The maximum absolute atomic E-state index is 13.8. The summed E-state index contributed by atoms with van der Waals surface area (Å²) in [5.74, 6) is 0.307. The average Bonchev–Trinajstić information content (AvgIpc) is 3.43. The van der Waals surface area contributed by atoms with Crippen LogP contribution in [0.25, 0.3) is 11.3 Å². The lowest BCUT2D eigenvalue weighted by Crippen LogP contribution is -2.57. The van der Waals surface area contributed by atoms with Crippen LogP contribution in [0.4, 0.5) is 5.69 Å². The van der Waals surface area contributed by atoms with Crippen LogP contribution in [0, 0.1) is 13.8 Å². The number of anilines is 1. The summed E-state index contributed by atoms with van der Waals surface area (Å²) >= 11 is 2.74. The molecule has 2 aromatic heterocycles. The van der Waals surface area contributed by atoms with Crippen LogP contribution in [0.15, 0.2) is 71.2 Å². The van der Waals surface area contributed by atoms with E-state index in [-0.39, 0.29) is 24.1 Å². The minimum Gasteiger partial charge on any atom is -0.497 e. The van der Waals surface area contributed by atoms with Crippen molar-refractivity contribution in [3.63, 3.8) is 0 Å². The second kappa shape index (κ2) is 13.1. The number of aryl methyl sites for hydroxylation is 2. The second-order valence-electron chi connectivity index (χ2n) is 9.50. The Balaban J connectivity index is 1.61. The molecule has 0 aliphatic rings. The Bertz CT molecular complexity index is 1440. The van der Waals surface area contributed by atoms with Crippen molar-refractivity contribution in [2.24, 2.45) is 0 Å². The molecule has 0 spiro atoms. The van der Waals surface area contributed by atoms with Crippen molar-refractivity contribution in [1.29, 1.82) is 0 Å². The molecule has 2 amide bonds. The van der Waals surface area contributed by atoms with E-state index in [0.717, 1.165) is 27.7 Å². The predicted molar refractivity (Wildman–Crippen MR) is 161 cm³/mol. The topological polar surface area (TPSA) is 97.3 Å². The summed E-state index contributed by atoms with van der Waals surface area (Å²) in [5.41, 5.74) is 3.00.